The van der Waals surface area contributed by atoms with Crippen LogP contribution in [-0.4, -0.2) is 19.6 Å². The zero-order valence-corrected chi connectivity index (χ0v) is 7.52. The van der Waals surface area contributed by atoms with Gasteiger partial charge in [-0.1, -0.05) is 13.5 Å². The Morgan fingerprint density at radius 3 is 2.27 bits per heavy atom. The van der Waals surface area contributed by atoms with Crippen LogP contribution in [0.25, 0.3) is 0 Å². The van der Waals surface area contributed by atoms with Crippen LogP contribution < -0.4 is 5.73 Å². The monoisotopic (exact) mass is 159 g/mol. The van der Waals surface area contributed by atoms with Crippen molar-refractivity contribution in [1.29, 1.82) is 0 Å². The summed E-state index contributed by atoms with van der Waals surface area (Å²) in [6, 6.07) is 0. The molecule has 0 saturated heterocycles. The van der Waals surface area contributed by atoms with E-state index in [2.05, 4.69) is 12.3 Å². The second-order valence-electron chi connectivity index (χ2n) is 1.92. The van der Waals surface area contributed by atoms with Crippen LogP contribution in [0.15, 0.2) is 12.2 Å². The van der Waals surface area contributed by atoms with E-state index in [4.69, 9.17) is 4.74 Å². The third-order valence-electron chi connectivity index (χ3n) is 0.786. The van der Waals surface area contributed by atoms with Crippen LogP contribution in [0, 0.1) is 0 Å². The van der Waals surface area contributed by atoms with E-state index in [0.717, 1.165) is 6.42 Å². The third kappa shape index (κ3) is 9.17. The van der Waals surface area contributed by atoms with Crippen molar-refractivity contribution in [2.75, 3.05) is 13.7 Å². The first-order valence-electron chi connectivity index (χ1n) is 3.58. The smallest absolute Gasteiger partial charge is 0.333 e. The van der Waals surface area contributed by atoms with Gasteiger partial charge in [-0.3, -0.25) is 0 Å². The van der Waals surface area contributed by atoms with Crippen LogP contribution >= 0.6 is 0 Å². The van der Waals surface area contributed by atoms with Crippen molar-refractivity contribution in [1.82, 2.24) is 0 Å². The molecule has 0 spiro atoms. The summed E-state index contributed by atoms with van der Waals surface area (Å²) >= 11 is 0. The molecular formula is C8H17NO2. The van der Waals surface area contributed by atoms with Gasteiger partial charge in [0.05, 0.1) is 6.61 Å². The molecule has 3 nitrogen and oxygen atoms in total. The fourth-order valence-corrected chi connectivity index (χ4v) is 0.318. The number of hydrogen-bond donors (Lipinski definition) is 1. The molecule has 0 amide bonds. The Labute approximate surface area is 68.2 Å². The van der Waals surface area contributed by atoms with Gasteiger partial charge in [-0.25, -0.2) is 4.79 Å². The maximum atomic E-state index is 10.6. The molecule has 0 aromatic carbocycles. The number of carbonyl (C=O) groups excluding carboxylic acids is 1. The Hall–Kier alpha value is -0.830. The average Bonchev–Trinajstić information content (AvgIpc) is 2.03. The third-order valence-corrected chi connectivity index (χ3v) is 0.786. The van der Waals surface area contributed by atoms with Gasteiger partial charge in [0.1, 0.15) is 0 Å². The SMILES string of the molecule is C=C(C)C(=O)OCCC.CN. The second kappa shape index (κ2) is 9.17. The lowest BCUT2D eigenvalue weighted by atomic mass is 10.4. The molecule has 0 unspecified atom stereocenters. The van der Waals surface area contributed by atoms with Crippen LogP contribution in [0.2, 0.25) is 0 Å². The van der Waals surface area contributed by atoms with Gasteiger partial charge in [-0.05, 0) is 20.4 Å². The number of esters is 1. The van der Waals surface area contributed by atoms with Crippen LogP contribution in [0.4, 0.5) is 0 Å². The molecule has 0 aliphatic heterocycles. The molecule has 0 aromatic heterocycles. The summed E-state index contributed by atoms with van der Waals surface area (Å²) in [7, 11) is 1.50. The minimum Gasteiger partial charge on any atom is -0.462 e. The van der Waals surface area contributed by atoms with Crippen LogP contribution in [0.5, 0.6) is 0 Å². The lowest BCUT2D eigenvalue weighted by Crippen LogP contribution is -2.04. The van der Waals surface area contributed by atoms with E-state index in [0.29, 0.717) is 12.2 Å². The highest BCUT2D eigenvalue weighted by molar-refractivity contribution is 5.86. The highest BCUT2D eigenvalue weighted by Crippen LogP contribution is 1.91. The maximum absolute atomic E-state index is 10.6. The molecule has 0 rings (SSSR count). The van der Waals surface area contributed by atoms with Gasteiger partial charge >= 0.3 is 5.97 Å². The molecule has 2 N–H and O–H groups in total. The molecule has 0 fully saturated rings. The largest absolute Gasteiger partial charge is 0.462 e. The number of hydrogen-bond acceptors (Lipinski definition) is 3. The normalized spacial score (nSPS) is 7.64. The molecule has 3 heteroatoms. The predicted molar refractivity (Wildman–Crippen MR) is 46.2 cm³/mol. The Bertz CT molecular complexity index is 121. The molecule has 0 atom stereocenters. The summed E-state index contributed by atoms with van der Waals surface area (Å²) in [5.74, 6) is -0.295. The topological polar surface area (TPSA) is 52.3 Å². The fourth-order valence-electron chi connectivity index (χ4n) is 0.318. The fraction of sp³-hybridized carbons (Fsp3) is 0.625. The number of carbonyl (C=O) groups is 1. The summed E-state index contributed by atoms with van der Waals surface area (Å²) in [6.07, 6.45) is 0.860. The van der Waals surface area contributed by atoms with E-state index < -0.39 is 0 Å². The van der Waals surface area contributed by atoms with Gasteiger partial charge in [0, 0.05) is 5.57 Å². The lowest BCUT2D eigenvalue weighted by molar-refractivity contribution is -0.138. The van der Waals surface area contributed by atoms with Gasteiger partial charge < -0.3 is 10.5 Å². The molecule has 0 saturated carbocycles. The standard InChI is InChI=1S/C7H12O2.CH5N/c1-4-5-9-7(8)6(2)3;1-2/h2,4-5H2,1,3H3;2H2,1H3. The van der Waals surface area contributed by atoms with Crippen molar-refractivity contribution in [3.05, 3.63) is 12.2 Å². The highest BCUT2D eigenvalue weighted by Gasteiger charge is 1.99. The predicted octanol–water partition coefficient (Wildman–Crippen LogP) is 1.09. The van der Waals surface area contributed by atoms with E-state index in [1.165, 1.54) is 7.05 Å². The average molecular weight is 159 g/mol. The Kier molecular flexibility index (Phi) is 10.7. The van der Waals surface area contributed by atoms with Crippen molar-refractivity contribution >= 4 is 5.97 Å². The Balaban J connectivity index is 0. The zero-order valence-electron chi connectivity index (χ0n) is 7.52. The quantitative estimate of drug-likeness (QED) is 0.495. The van der Waals surface area contributed by atoms with E-state index in [-0.39, 0.29) is 5.97 Å². The van der Waals surface area contributed by atoms with Gasteiger partial charge in [0.15, 0.2) is 0 Å². The number of rotatable bonds is 3. The minimum absolute atomic E-state index is 0.295. The summed E-state index contributed by atoms with van der Waals surface area (Å²) in [4.78, 5) is 10.6. The van der Waals surface area contributed by atoms with Gasteiger partial charge in [0.2, 0.25) is 0 Å². The summed E-state index contributed by atoms with van der Waals surface area (Å²) in [5, 5.41) is 0. The summed E-state index contributed by atoms with van der Waals surface area (Å²) in [6.45, 7) is 7.51. The molecule has 0 aliphatic carbocycles. The molecular weight excluding hydrogens is 142 g/mol. The molecule has 11 heavy (non-hydrogen) atoms. The van der Waals surface area contributed by atoms with Crippen molar-refractivity contribution in [2.45, 2.75) is 20.3 Å². The molecule has 0 heterocycles. The van der Waals surface area contributed by atoms with Gasteiger partial charge in [-0.2, -0.15) is 0 Å². The van der Waals surface area contributed by atoms with Crippen LogP contribution in [0.1, 0.15) is 20.3 Å². The van der Waals surface area contributed by atoms with Crippen LogP contribution in [0.3, 0.4) is 0 Å². The first-order chi connectivity index (χ1) is 5.18. The van der Waals surface area contributed by atoms with Crippen molar-refractivity contribution in [3.63, 3.8) is 0 Å². The lowest BCUT2D eigenvalue weighted by Gasteiger charge is -1.99. The molecule has 0 bridgehead atoms. The number of ether oxygens (including phenoxy) is 1. The number of nitrogens with two attached hydrogens (primary N) is 1. The van der Waals surface area contributed by atoms with E-state index in [9.17, 15) is 4.79 Å². The van der Waals surface area contributed by atoms with Gasteiger partial charge in [0.25, 0.3) is 0 Å². The first-order valence-corrected chi connectivity index (χ1v) is 3.58. The van der Waals surface area contributed by atoms with E-state index >= 15 is 0 Å². The van der Waals surface area contributed by atoms with Crippen molar-refractivity contribution < 1.29 is 9.53 Å². The van der Waals surface area contributed by atoms with Crippen molar-refractivity contribution in [2.24, 2.45) is 5.73 Å². The van der Waals surface area contributed by atoms with Crippen LogP contribution in [-0.2, 0) is 9.53 Å². The molecule has 0 aliphatic rings. The summed E-state index contributed by atoms with van der Waals surface area (Å²) in [5.41, 5.74) is 4.96. The van der Waals surface area contributed by atoms with E-state index in [1.807, 2.05) is 6.92 Å². The minimum atomic E-state index is -0.295. The summed E-state index contributed by atoms with van der Waals surface area (Å²) < 4.78 is 4.71. The molecule has 0 radical (unpaired) electrons. The zero-order chi connectivity index (χ0) is 9.28. The highest BCUT2D eigenvalue weighted by atomic mass is 16.5. The van der Waals surface area contributed by atoms with Gasteiger partial charge in [-0.15, -0.1) is 0 Å². The van der Waals surface area contributed by atoms with E-state index in [1.54, 1.807) is 6.92 Å². The molecule has 0 aromatic rings. The first kappa shape index (κ1) is 12.8. The van der Waals surface area contributed by atoms with Crippen molar-refractivity contribution in [3.8, 4) is 0 Å². The Morgan fingerprint density at radius 2 is 2.00 bits per heavy atom. The molecule has 66 valence electrons. The second-order valence-corrected chi connectivity index (χ2v) is 1.92. The maximum Gasteiger partial charge on any atom is 0.333 e. The Morgan fingerprint density at radius 1 is 1.55 bits per heavy atom.